The summed E-state index contributed by atoms with van der Waals surface area (Å²) >= 11 is 0. The lowest BCUT2D eigenvalue weighted by atomic mass is 10.1. The third-order valence-corrected chi connectivity index (χ3v) is 1.60. The minimum absolute atomic E-state index is 0.607. The number of carbonyl (C=O) groups is 3. The van der Waals surface area contributed by atoms with Crippen LogP contribution in [0.2, 0.25) is 0 Å². The molecule has 0 radical (unpaired) electrons. The number of carbonyl (C=O) groups excluding carboxylic acids is 2. The Morgan fingerprint density at radius 3 is 2.39 bits per heavy atom. The van der Waals surface area contributed by atoms with Gasteiger partial charge in [-0.2, -0.15) is 0 Å². The van der Waals surface area contributed by atoms with Crippen LogP contribution in [0.3, 0.4) is 0 Å². The lowest BCUT2D eigenvalue weighted by Crippen LogP contribution is -2.45. The van der Waals surface area contributed by atoms with Crippen LogP contribution in [0, 0.1) is 5.53 Å². The number of carboxylic acid groups (broad SMARTS) is 1. The van der Waals surface area contributed by atoms with E-state index in [4.69, 9.17) is 15.4 Å². The van der Waals surface area contributed by atoms with Gasteiger partial charge in [0, 0.05) is 0 Å². The molecule has 0 unspecified atom stereocenters. The molecule has 0 aromatic rings. The van der Waals surface area contributed by atoms with Gasteiger partial charge in [0.15, 0.2) is 0 Å². The molecule has 0 aliphatic heterocycles. The molecule has 3 N–H and O–H groups in total. The number of alkyl carbamates (subject to hydrolysis) is 1. The van der Waals surface area contributed by atoms with Crippen LogP contribution in [-0.4, -0.2) is 45.6 Å². The van der Waals surface area contributed by atoms with Crippen LogP contribution in [-0.2, 0) is 14.3 Å². The van der Waals surface area contributed by atoms with Crippen molar-refractivity contribution >= 4 is 24.1 Å². The Morgan fingerprint density at radius 2 is 2.00 bits per heavy atom. The minimum Gasteiger partial charge on any atom is -0.481 e. The maximum absolute atomic E-state index is 11.4. The average molecular weight is 258 g/mol. The van der Waals surface area contributed by atoms with E-state index in [-0.39, 0.29) is 0 Å². The Morgan fingerprint density at radius 1 is 1.44 bits per heavy atom. The van der Waals surface area contributed by atoms with E-state index < -0.39 is 35.9 Å². The van der Waals surface area contributed by atoms with Gasteiger partial charge in [0.05, 0.1) is 16.7 Å². The molecule has 0 saturated carbocycles. The number of carboxylic acids is 1. The molecule has 0 aromatic carbocycles. The van der Waals surface area contributed by atoms with Crippen molar-refractivity contribution in [3.05, 3.63) is 0 Å². The summed E-state index contributed by atoms with van der Waals surface area (Å²) in [6.07, 6.45) is -0.879. The van der Waals surface area contributed by atoms with Gasteiger partial charge in [-0.25, -0.2) is 4.79 Å². The number of ketones is 1. The first-order chi connectivity index (χ1) is 8.15. The Labute approximate surface area is 104 Å². The van der Waals surface area contributed by atoms with Crippen molar-refractivity contribution in [2.24, 2.45) is 0 Å². The molecule has 8 nitrogen and oxygen atoms in total. The van der Waals surface area contributed by atoms with E-state index in [2.05, 4.69) is 10.1 Å². The van der Waals surface area contributed by atoms with E-state index in [1.165, 1.54) is 0 Å². The van der Waals surface area contributed by atoms with Crippen molar-refractivity contribution in [3.63, 3.8) is 0 Å². The van der Waals surface area contributed by atoms with E-state index in [0.29, 0.717) is 6.21 Å². The fraction of sp³-hybridized carbons (Fsp3) is 0.600. The zero-order valence-corrected chi connectivity index (χ0v) is 10.4. The molecule has 1 amide bonds. The number of nitrogens with one attached hydrogen (secondary N) is 2. The van der Waals surface area contributed by atoms with Gasteiger partial charge in [0.2, 0.25) is 0 Å². The third-order valence-electron chi connectivity index (χ3n) is 1.60. The van der Waals surface area contributed by atoms with Crippen LogP contribution in [0.25, 0.3) is 0 Å². The fourth-order valence-corrected chi connectivity index (χ4v) is 1.00. The normalized spacial score (nSPS) is 11.9. The number of hydrogen-bond donors (Lipinski definition) is 3. The molecule has 0 aromatic heterocycles. The second kappa shape index (κ2) is 6.51. The van der Waals surface area contributed by atoms with Crippen molar-refractivity contribution in [1.29, 1.82) is 5.53 Å². The van der Waals surface area contributed by atoms with Crippen LogP contribution in [0.15, 0.2) is 0 Å². The van der Waals surface area contributed by atoms with Gasteiger partial charge < -0.3 is 15.2 Å². The highest BCUT2D eigenvalue weighted by atomic mass is 16.6. The molecule has 1 atom stereocenters. The minimum atomic E-state index is -1.30. The van der Waals surface area contributed by atoms with Gasteiger partial charge in [0.25, 0.3) is 5.78 Å². The number of amides is 1. The Hall–Kier alpha value is -2.21. The summed E-state index contributed by atoms with van der Waals surface area (Å²) in [6, 6.07) is -1.30. The first kappa shape index (κ1) is 15.8. The van der Waals surface area contributed by atoms with Gasteiger partial charge in [0.1, 0.15) is 11.6 Å². The highest BCUT2D eigenvalue weighted by molar-refractivity contribution is 6.28. The highest BCUT2D eigenvalue weighted by Gasteiger charge is 2.27. The predicted octanol–water partition coefficient (Wildman–Crippen LogP) is 0.233. The summed E-state index contributed by atoms with van der Waals surface area (Å²) in [5, 5.41) is 10.7. The molecule has 18 heavy (non-hydrogen) atoms. The summed E-state index contributed by atoms with van der Waals surface area (Å²) in [5.41, 5.74) is 5.73. The summed E-state index contributed by atoms with van der Waals surface area (Å²) in [5.74, 6) is -2.04. The van der Waals surface area contributed by atoms with E-state index in [0.717, 1.165) is 0 Å². The molecule has 0 heterocycles. The van der Waals surface area contributed by atoms with Gasteiger partial charge in [-0.3, -0.25) is 9.59 Å². The van der Waals surface area contributed by atoms with Crippen molar-refractivity contribution in [2.75, 3.05) is 0 Å². The first-order valence-electron chi connectivity index (χ1n) is 5.10. The van der Waals surface area contributed by atoms with E-state index in [9.17, 15) is 14.4 Å². The molecule has 0 aliphatic carbocycles. The summed E-state index contributed by atoms with van der Waals surface area (Å²) in [6.45, 7) is 4.89. The molecular formula is C10H16N3O5+. The maximum atomic E-state index is 11.4. The van der Waals surface area contributed by atoms with Crippen LogP contribution in [0.4, 0.5) is 4.79 Å². The van der Waals surface area contributed by atoms with Crippen LogP contribution in [0.5, 0.6) is 0 Å². The summed E-state index contributed by atoms with van der Waals surface area (Å²) in [4.78, 5) is 36.1. The van der Waals surface area contributed by atoms with E-state index >= 15 is 0 Å². The Bertz CT molecular complexity index is 393. The topological polar surface area (TPSA) is 131 Å². The molecule has 0 fully saturated rings. The maximum Gasteiger partial charge on any atom is 0.408 e. The first-order valence-corrected chi connectivity index (χ1v) is 5.10. The zero-order chi connectivity index (χ0) is 14.3. The number of nitrogens with zero attached hydrogens (tertiary/aromatic N) is 1. The zero-order valence-electron chi connectivity index (χ0n) is 10.4. The molecular weight excluding hydrogens is 242 g/mol. The van der Waals surface area contributed by atoms with Crippen LogP contribution in [0.1, 0.15) is 27.2 Å². The molecule has 0 aliphatic rings. The molecule has 100 valence electrons. The SMILES string of the molecule is CC(C)(C)OC(=O)N[C@H](CC(=O)O)C(=O)C=[N+]=N. The number of hydrogen-bond acceptors (Lipinski definition) is 5. The smallest absolute Gasteiger partial charge is 0.408 e. The van der Waals surface area contributed by atoms with Crippen molar-refractivity contribution in [2.45, 2.75) is 38.8 Å². The number of aliphatic carboxylic acids is 1. The Kier molecular flexibility index (Phi) is 5.71. The molecule has 0 spiro atoms. The molecule has 0 rings (SSSR count). The predicted molar refractivity (Wildman–Crippen MR) is 59.5 cm³/mol. The summed E-state index contributed by atoms with van der Waals surface area (Å²) < 4.78 is 4.89. The Balaban J connectivity index is 4.69. The highest BCUT2D eigenvalue weighted by Crippen LogP contribution is 2.07. The van der Waals surface area contributed by atoms with Gasteiger partial charge >= 0.3 is 18.3 Å². The molecule has 0 bridgehead atoms. The molecule has 0 saturated heterocycles. The fourth-order valence-electron chi connectivity index (χ4n) is 1.00. The quantitative estimate of drug-likeness (QED) is 0.369. The van der Waals surface area contributed by atoms with Gasteiger partial charge in [-0.15, -0.1) is 0 Å². The van der Waals surface area contributed by atoms with Gasteiger partial charge in [-0.05, 0) is 20.8 Å². The summed E-state index contributed by atoms with van der Waals surface area (Å²) in [7, 11) is 0. The molecule has 8 heteroatoms. The largest absolute Gasteiger partial charge is 0.481 e. The number of rotatable bonds is 5. The van der Waals surface area contributed by atoms with E-state index in [1.54, 1.807) is 20.8 Å². The van der Waals surface area contributed by atoms with Crippen LogP contribution < -0.4 is 5.32 Å². The van der Waals surface area contributed by atoms with Gasteiger partial charge in [-0.1, -0.05) is 0 Å². The van der Waals surface area contributed by atoms with Crippen LogP contribution >= 0.6 is 0 Å². The lowest BCUT2D eigenvalue weighted by Gasteiger charge is -2.21. The number of Topliss-reactive ketones (excluding diaryl/α,β-unsaturated/α-hetero) is 1. The lowest BCUT2D eigenvalue weighted by molar-refractivity contribution is -0.140. The standard InChI is InChI=1S/C10H15N3O5/c1-10(2,3)18-9(17)13-6(4-8(15)16)7(14)5-12-11/h5-6,11H,4H2,1-3H3,(H-,13,15,16,17)/p+1/t6-/m1/s1. The van der Waals surface area contributed by atoms with Crippen molar-refractivity contribution in [3.8, 4) is 0 Å². The third kappa shape index (κ3) is 7.13. The van der Waals surface area contributed by atoms with Crippen molar-refractivity contribution < 1.29 is 29.0 Å². The second-order valence-corrected chi connectivity index (χ2v) is 4.46. The monoisotopic (exact) mass is 258 g/mol. The van der Waals surface area contributed by atoms with Crippen molar-refractivity contribution in [1.82, 2.24) is 5.32 Å². The second-order valence-electron chi connectivity index (χ2n) is 4.46. The number of ether oxygens (including phenoxy) is 1. The average Bonchev–Trinajstić information content (AvgIpc) is 2.13. The van der Waals surface area contributed by atoms with E-state index in [1.807, 2.05) is 0 Å².